The maximum atomic E-state index is 13.9. The Morgan fingerprint density at radius 3 is 2.42 bits per heavy atom. The van der Waals surface area contributed by atoms with Crippen molar-refractivity contribution in [2.45, 2.75) is 58.6 Å². The van der Waals surface area contributed by atoms with Crippen molar-refractivity contribution >= 4 is 29.9 Å². The van der Waals surface area contributed by atoms with Crippen LogP contribution in [0.4, 0.5) is 4.39 Å². The molecule has 0 unspecified atom stereocenters. The SMILES string of the molecule is CCCC(O)(CCC)CNC(=NCc1cc(C#N)ccc1F)NCC.I. The van der Waals surface area contributed by atoms with E-state index in [0.717, 1.165) is 12.8 Å². The first-order chi connectivity index (χ1) is 12.0. The lowest BCUT2D eigenvalue weighted by Gasteiger charge is -2.28. The minimum Gasteiger partial charge on any atom is -0.388 e. The molecule has 0 fully saturated rings. The van der Waals surface area contributed by atoms with Crippen LogP contribution in [0.1, 0.15) is 57.6 Å². The third-order valence-corrected chi connectivity index (χ3v) is 3.94. The van der Waals surface area contributed by atoms with Gasteiger partial charge < -0.3 is 15.7 Å². The van der Waals surface area contributed by atoms with E-state index >= 15 is 0 Å². The van der Waals surface area contributed by atoms with Crippen LogP contribution in [0.15, 0.2) is 23.2 Å². The van der Waals surface area contributed by atoms with E-state index in [0.29, 0.717) is 43.0 Å². The summed E-state index contributed by atoms with van der Waals surface area (Å²) in [6, 6.07) is 6.24. The molecule has 0 aromatic heterocycles. The average molecular weight is 476 g/mol. The Morgan fingerprint density at radius 2 is 1.88 bits per heavy atom. The Bertz CT molecular complexity index is 610. The van der Waals surface area contributed by atoms with Crippen LogP contribution in [0.5, 0.6) is 0 Å². The molecule has 0 radical (unpaired) electrons. The van der Waals surface area contributed by atoms with Gasteiger partial charge in [-0.2, -0.15) is 5.26 Å². The van der Waals surface area contributed by atoms with Crippen molar-refractivity contribution in [3.63, 3.8) is 0 Å². The maximum absolute atomic E-state index is 13.9. The Morgan fingerprint density at radius 1 is 1.23 bits per heavy atom. The highest BCUT2D eigenvalue weighted by atomic mass is 127. The molecule has 26 heavy (non-hydrogen) atoms. The third kappa shape index (κ3) is 8.32. The predicted molar refractivity (Wildman–Crippen MR) is 114 cm³/mol. The molecule has 0 heterocycles. The standard InChI is InChI=1S/C19H29FN4O.HI/c1-4-9-19(25,10-5-2)14-24-18(22-6-3)23-13-16-11-15(12-21)7-8-17(16)20;/h7-8,11,25H,4-6,9-10,13-14H2,1-3H3,(H2,22,23,24);1H. The van der Waals surface area contributed by atoms with E-state index in [1.807, 2.05) is 26.8 Å². The van der Waals surface area contributed by atoms with Crippen LogP contribution in [0, 0.1) is 17.1 Å². The number of halogens is 2. The van der Waals surface area contributed by atoms with Crippen molar-refractivity contribution in [3.8, 4) is 6.07 Å². The van der Waals surface area contributed by atoms with E-state index in [2.05, 4.69) is 15.6 Å². The van der Waals surface area contributed by atoms with Gasteiger partial charge in [-0.3, -0.25) is 0 Å². The molecule has 0 spiro atoms. The summed E-state index contributed by atoms with van der Waals surface area (Å²) in [5, 5.41) is 25.9. The van der Waals surface area contributed by atoms with Gasteiger partial charge in [0.15, 0.2) is 5.96 Å². The van der Waals surface area contributed by atoms with Crippen LogP contribution in [-0.4, -0.2) is 29.8 Å². The molecule has 1 aromatic rings. The minimum absolute atomic E-state index is 0. The molecule has 0 amide bonds. The quantitative estimate of drug-likeness (QED) is 0.289. The molecule has 1 rings (SSSR count). The summed E-state index contributed by atoms with van der Waals surface area (Å²) in [5.74, 6) is 0.141. The Kier molecular flexibility index (Phi) is 12.2. The average Bonchev–Trinajstić information content (AvgIpc) is 2.59. The van der Waals surface area contributed by atoms with Gasteiger partial charge in [0.2, 0.25) is 0 Å². The van der Waals surface area contributed by atoms with Gasteiger partial charge in [0.1, 0.15) is 5.82 Å². The van der Waals surface area contributed by atoms with Crippen molar-refractivity contribution in [1.29, 1.82) is 5.26 Å². The molecular formula is C19H30FIN4O. The molecular weight excluding hydrogens is 446 g/mol. The lowest BCUT2D eigenvalue weighted by Crippen LogP contribution is -2.47. The van der Waals surface area contributed by atoms with Gasteiger partial charge >= 0.3 is 0 Å². The maximum Gasteiger partial charge on any atom is 0.191 e. The fourth-order valence-corrected chi connectivity index (χ4v) is 2.75. The molecule has 0 aliphatic heterocycles. The van der Waals surface area contributed by atoms with E-state index < -0.39 is 5.60 Å². The predicted octanol–water partition coefficient (Wildman–Crippen LogP) is 3.70. The van der Waals surface area contributed by atoms with Crippen molar-refractivity contribution in [3.05, 3.63) is 35.1 Å². The first-order valence-electron chi connectivity index (χ1n) is 8.91. The number of hydrogen-bond donors (Lipinski definition) is 3. The van der Waals surface area contributed by atoms with Gasteiger partial charge in [-0.15, -0.1) is 24.0 Å². The molecule has 1 aromatic carbocycles. The van der Waals surface area contributed by atoms with Gasteiger partial charge in [0, 0.05) is 18.7 Å². The summed E-state index contributed by atoms with van der Waals surface area (Å²) in [6.07, 6.45) is 3.23. The third-order valence-electron chi connectivity index (χ3n) is 3.94. The van der Waals surface area contributed by atoms with Crippen LogP contribution >= 0.6 is 24.0 Å². The van der Waals surface area contributed by atoms with Crippen LogP contribution in [0.25, 0.3) is 0 Å². The zero-order valence-corrected chi connectivity index (χ0v) is 18.1. The van der Waals surface area contributed by atoms with Crippen LogP contribution < -0.4 is 10.6 Å². The molecule has 0 saturated heterocycles. The molecule has 0 atom stereocenters. The molecule has 3 N–H and O–H groups in total. The van der Waals surface area contributed by atoms with E-state index in [-0.39, 0.29) is 36.3 Å². The van der Waals surface area contributed by atoms with Crippen LogP contribution in [0.2, 0.25) is 0 Å². The zero-order valence-electron chi connectivity index (χ0n) is 15.8. The Balaban J connectivity index is 0.00000625. The minimum atomic E-state index is -0.772. The topological polar surface area (TPSA) is 80.4 Å². The molecule has 5 nitrogen and oxygen atoms in total. The van der Waals surface area contributed by atoms with E-state index in [9.17, 15) is 9.50 Å². The Hall–Kier alpha value is -1.40. The van der Waals surface area contributed by atoms with Crippen molar-refractivity contribution < 1.29 is 9.50 Å². The zero-order chi connectivity index (χ0) is 18.7. The lowest BCUT2D eigenvalue weighted by molar-refractivity contribution is 0.0257. The summed E-state index contributed by atoms with van der Waals surface area (Å²) in [5.41, 5.74) is 0.00419. The highest BCUT2D eigenvalue weighted by Gasteiger charge is 2.24. The summed E-state index contributed by atoms with van der Waals surface area (Å²) in [4.78, 5) is 4.38. The smallest absolute Gasteiger partial charge is 0.191 e. The highest BCUT2D eigenvalue weighted by molar-refractivity contribution is 14.0. The van der Waals surface area contributed by atoms with E-state index in [1.54, 1.807) is 0 Å². The summed E-state index contributed by atoms with van der Waals surface area (Å²) >= 11 is 0. The number of nitrogens with zero attached hydrogens (tertiary/aromatic N) is 2. The normalized spacial score (nSPS) is 11.5. The fraction of sp³-hybridized carbons (Fsp3) is 0.579. The van der Waals surface area contributed by atoms with E-state index in [4.69, 9.17) is 5.26 Å². The number of aliphatic imine (C=N–C) groups is 1. The number of nitriles is 1. The van der Waals surface area contributed by atoms with Gasteiger partial charge in [-0.05, 0) is 38.0 Å². The van der Waals surface area contributed by atoms with Gasteiger partial charge in [0.05, 0.1) is 23.8 Å². The lowest BCUT2D eigenvalue weighted by atomic mass is 9.93. The number of rotatable bonds is 9. The van der Waals surface area contributed by atoms with E-state index in [1.165, 1.54) is 18.2 Å². The first-order valence-corrected chi connectivity index (χ1v) is 8.91. The highest BCUT2D eigenvalue weighted by Crippen LogP contribution is 2.18. The number of guanidine groups is 1. The Labute approximate surface area is 173 Å². The van der Waals surface area contributed by atoms with Gasteiger partial charge in [-0.1, -0.05) is 26.7 Å². The number of nitrogens with one attached hydrogen (secondary N) is 2. The van der Waals surface area contributed by atoms with Crippen molar-refractivity contribution in [2.24, 2.45) is 4.99 Å². The largest absolute Gasteiger partial charge is 0.388 e. The van der Waals surface area contributed by atoms with Crippen molar-refractivity contribution in [2.75, 3.05) is 13.1 Å². The summed E-state index contributed by atoms with van der Waals surface area (Å²) < 4.78 is 13.9. The first kappa shape index (κ1) is 24.6. The van der Waals surface area contributed by atoms with Crippen molar-refractivity contribution in [1.82, 2.24) is 10.6 Å². The monoisotopic (exact) mass is 476 g/mol. The number of hydrogen-bond acceptors (Lipinski definition) is 3. The summed E-state index contributed by atoms with van der Waals surface area (Å²) in [6.45, 7) is 7.21. The second-order valence-corrected chi connectivity index (χ2v) is 6.19. The van der Waals surface area contributed by atoms with Crippen LogP contribution in [-0.2, 0) is 6.54 Å². The van der Waals surface area contributed by atoms with Gasteiger partial charge in [0.25, 0.3) is 0 Å². The second-order valence-electron chi connectivity index (χ2n) is 6.19. The molecule has 0 saturated carbocycles. The molecule has 146 valence electrons. The fourth-order valence-electron chi connectivity index (χ4n) is 2.75. The second kappa shape index (κ2) is 12.9. The molecule has 0 aliphatic carbocycles. The summed E-state index contributed by atoms with van der Waals surface area (Å²) in [7, 11) is 0. The van der Waals surface area contributed by atoms with Gasteiger partial charge in [-0.25, -0.2) is 9.38 Å². The molecule has 0 aliphatic rings. The number of aliphatic hydroxyl groups is 1. The molecule has 0 bridgehead atoms. The molecule has 7 heteroatoms. The number of benzene rings is 1. The van der Waals surface area contributed by atoms with Crippen LogP contribution in [0.3, 0.4) is 0 Å².